The molecule has 5 heteroatoms. The number of anilines is 1. The number of nitrogens with two attached hydrogens (primary N) is 1. The minimum atomic E-state index is -0.231. The number of carbonyl (C=O) groups excluding carboxylic acids is 1. The van der Waals surface area contributed by atoms with Gasteiger partial charge in [0.05, 0.1) is 0 Å². The molecule has 0 saturated carbocycles. The summed E-state index contributed by atoms with van der Waals surface area (Å²) in [6.07, 6.45) is 0. The first-order valence-corrected chi connectivity index (χ1v) is 6.52. The number of hydrogen-bond donors (Lipinski definition) is 2. The van der Waals surface area contributed by atoms with Crippen molar-refractivity contribution >= 4 is 23.2 Å². The molecule has 104 valence electrons. The molecule has 2 rings (SSSR count). The predicted octanol–water partition coefficient (Wildman–Crippen LogP) is 2.82. The number of amides is 1. The van der Waals surface area contributed by atoms with Gasteiger partial charge in [-0.2, -0.15) is 0 Å². The normalized spacial score (nSPS) is 10.1. The second kappa shape index (κ2) is 6.93. The fraction of sp³-hybridized carbons (Fsp3) is 0.133. The van der Waals surface area contributed by atoms with Gasteiger partial charge in [0.2, 0.25) is 0 Å². The molecular weight excluding hydrogens is 276 g/mol. The second-order valence-corrected chi connectivity index (χ2v) is 4.63. The van der Waals surface area contributed by atoms with Crippen LogP contribution in [0.15, 0.2) is 48.5 Å². The molecule has 0 atom stereocenters. The van der Waals surface area contributed by atoms with Crippen LogP contribution in [0.25, 0.3) is 0 Å². The molecule has 0 aliphatic carbocycles. The number of ether oxygens (including phenoxy) is 1. The quantitative estimate of drug-likeness (QED) is 0.890. The standard InChI is InChI=1S/C15H15ClN2O2/c16-12-4-6-13(7-5-12)18-15(19)10-20-14-3-1-2-11(8-14)9-17/h1-8H,9-10,17H2,(H,18,19). The van der Waals surface area contributed by atoms with E-state index in [0.717, 1.165) is 5.56 Å². The Labute approximate surface area is 122 Å². The van der Waals surface area contributed by atoms with Crippen molar-refractivity contribution in [3.8, 4) is 5.75 Å². The third-order valence-corrected chi connectivity index (χ3v) is 2.88. The number of hydrogen-bond acceptors (Lipinski definition) is 3. The lowest BCUT2D eigenvalue weighted by Gasteiger charge is -2.08. The zero-order valence-electron chi connectivity index (χ0n) is 10.8. The summed E-state index contributed by atoms with van der Waals surface area (Å²) >= 11 is 5.77. The van der Waals surface area contributed by atoms with Crippen LogP contribution in [0.3, 0.4) is 0 Å². The van der Waals surface area contributed by atoms with E-state index in [-0.39, 0.29) is 12.5 Å². The van der Waals surface area contributed by atoms with Crippen LogP contribution in [0.2, 0.25) is 5.02 Å². The maximum absolute atomic E-state index is 11.7. The topological polar surface area (TPSA) is 64.3 Å². The average Bonchev–Trinajstić information content (AvgIpc) is 2.48. The van der Waals surface area contributed by atoms with Crippen molar-refractivity contribution in [1.29, 1.82) is 0 Å². The van der Waals surface area contributed by atoms with E-state index in [1.807, 2.05) is 18.2 Å². The van der Waals surface area contributed by atoms with Crippen molar-refractivity contribution in [3.05, 3.63) is 59.1 Å². The number of benzene rings is 2. The zero-order valence-corrected chi connectivity index (χ0v) is 11.6. The average molecular weight is 291 g/mol. The molecule has 0 aromatic heterocycles. The summed E-state index contributed by atoms with van der Waals surface area (Å²) in [5.41, 5.74) is 7.18. The molecule has 0 fully saturated rings. The molecule has 20 heavy (non-hydrogen) atoms. The van der Waals surface area contributed by atoms with Gasteiger partial charge in [0.1, 0.15) is 5.75 Å². The van der Waals surface area contributed by atoms with E-state index >= 15 is 0 Å². The van der Waals surface area contributed by atoms with Gasteiger partial charge in [-0.1, -0.05) is 23.7 Å². The lowest BCUT2D eigenvalue weighted by Crippen LogP contribution is -2.20. The van der Waals surface area contributed by atoms with E-state index in [4.69, 9.17) is 22.1 Å². The summed E-state index contributed by atoms with van der Waals surface area (Å²) in [4.78, 5) is 11.7. The van der Waals surface area contributed by atoms with Gasteiger partial charge >= 0.3 is 0 Å². The summed E-state index contributed by atoms with van der Waals surface area (Å²) in [7, 11) is 0. The first-order chi connectivity index (χ1) is 9.67. The minimum absolute atomic E-state index is 0.0589. The number of halogens is 1. The van der Waals surface area contributed by atoms with E-state index < -0.39 is 0 Å². The molecular formula is C15H15ClN2O2. The molecule has 4 nitrogen and oxygen atoms in total. The summed E-state index contributed by atoms with van der Waals surface area (Å²) < 4.78 is 5.41. The van der Waals surface area contributed by atoms with Crippen molar-refractivity contribution in [2.75, 3.05) is 11.9 Å². The van der Waals surface area contributed by atoms with Gasteiger partial charge in [-0.25, -0.2) is 0 Å². The van der Waals surface area contributed by atoms with Crippen LogP contribution in [0, 0.1) is 0 Å². The Hall–Kier alpha value is -2.04. The van der Waals surface area contributed by atoms with Crippen LogP contribution in [-0.2, 0) is 11.3 Å². The maximum atomic E-state index is 11.7. The van der Waals surface area contributed by atoms with Gasteiger partial charge in [0, 0.05) is 17.3 Å². The lowest BCUT2D eigenvalue weighted by atomic mass is 10.2. The Kier molecular flexibility index (Phi) is 4.98. The van der Waals surface area contributed by atoms with Crippen molar-refractivity contribution in [2.24, 2.45) is 5.73 Å². The smallest absolute Gasteiger partial charge is 0.262 e. The highest BCUT2D eigenvalue weighted by Gasteiger charge is 2.04. The molecule has 0 unspecified atom stereocenters. The fourth-order valence-electron chi connectivity index (χ4n) is 1.64. The highest BCUT2D eigenvalue weighted by atomic mass is 35.5. The highest BCUT2D eigenvalue weighted by molar-refractivity contribution is 6.30. The fourth-order valence-corrected chi connectivity index (χ4v) is 1.77. The predicted molar refractivity (Wildman–Crippen MR) is 79.9 cm³/mol. The van der Waals surface area contributed by atoms with Gasteiger partial charge in [0.15, 0.2) is 6.61 Å². The molecule has 0 aliphatic heterocycles. The van der Waals surface area contributed by atoms with E-state index in [2.05, 4.69) is 5.32 Å². The molecule has 0 aliphatic rings. The van der Waals surface area contributed by atoms with Gasteiger partial charge in [0.25, 0.3) is 5.91 Å². The van der Waals surface area contributed by atoms with Gasteiger partial charge in [-0.15, -0.1) is 0 Å². The summed E-state index contributed by atoms with van der Waals surface area (Å²) in [5, 5.41) is 3.34. The SMILES string of the molecule is NCc1cccc(OCC(=O)Nc2ccc(Cl)cc2)c1. The first-order valence-electron chi connectivity index (χ1n) is 6.14. The van der Waals surface area contributed by atoms with Crippen molar-refractivity contribution in [3.63, 3.8) is 0 Å². The van der Waals surface area contributed by atoms with Crippen LogP contribution in [-0.4, -0.2) is 12.5 Å². The summed E-state index contributed by atoms with van der Waals surface area (Å²) in [6.45, 7) is 0.380. The lowest BCUT2D eigenvalue weighted by molar-refractivity contribution is -0.118. The first kappa shape index (κ1) is 14.4. The molecule has 1 amide bonds. The van der Waals surface area contributed by atoms with Crippen LogP contribution >= 0.6 is 11.6 Å². The molecule has 3 N–H and O–H groups in total. The Balaban J connectivity index is 1.87. The molecule has 2 aromatic carbocycles. The Bertz CT molecular complexity index is 585. The van der Waals surface area contributed by atoms with Crippen molar-refractivity contribution < 1.29 is 9.53 Å². The molecule has 0 radical (unpaired) electrons. The van der Waals surface area contributed by atoms with E-state index in [1.54, 1.807) is 30.3 Å². The molecule has 0 bridgehead atoms. The Morgan fingerprint density at radius 2 is 1.95 bits per heavy atom. The maximum Gasteiger partial charge on any atom is 0.262 e. The third-order valence-electron chi connectivity index (χ3n) is 2.63. The molecule has 0 saturated heterocycles. The largest absolute Gasteiger partial charge is 0.484 e. The van der Waals surface area contributed by atoms with Gasteiger partial charge < -0.3 is 15.8 Å². The molecule has 0 heterocycles. The monoisotopic (exact) mass is 290 g/mol. The Morgan fingerprint density at radius 3 is 2.65 bits per heavy atom. The van der Waals surface area contributed by atoms with Gasteiger partial charge in [-0.3, -0.25) is 4.79 Å². The van der Waals surface area contributed by atoms with Crippen LogP contribution in [0.1, 0.15) is 5.56 Å². The van der Waals surface area contributed by atoms with Crippen LogP contribution < -0.4 is 15.8 Å². The van der Waals surface area contributed by atoms with E-state index in [9.17, 15) is 4.79 Å². The zero-order chi connectivity index (χ0) is 14.4. The van der Waals surface area contributed by atoms with Crippen molar-refractivity contribution in [2.45, 2.75) is 6.54 Å². The number of carbonyl (C=O) groups is 1. The summed E-state index contributed by atoms with van der Waals surface area (Å²) in [6, 6.07) is 14.2. The van der Waals surface area contributed by atoms with E-state index in [0.29, 0.717) is 23.0 Å². The van der Waals surface area contributed by atoms with Crippen LogP contribution in [0.5, 0.6) is 5.75 Å². The highest BCUT2D eigenvalue weighted by Crippen LogP contribution is 2.14. The van der Waals surface area contributed by atoms with E-state index in [1.165, 1.54) is 0 Å². The number of rotatable bonds is 5. The summed E-state index contributed by atoms with van der Waals surface area (Å²) in [5.74, 6) is 0.393. The van der Waals surface area contributed by atoms with Gasteiger partial charge in [-0.05, 0) is 42.0 Å². The van der Waals surface area contributed by atoms with Crippen molar-refractivity contribution in [1.82, 2.24) is 0 Å². The number of nitrogens with one attached hydrogen (secondary N) is 1. The molecule has 0 spiro atoms. The van der Waals surface area contributed by atoms with Crippen LogP contribution in [0.4, 0.5) is 5.69 Å². The third kappa shape index (κ3) is 4.26. The Morgan fingerprint density at radius 1 is 1.20 bits per heavy atom. The minimum Gasteiger partial charge on any atom is -0.484 e. The molecule has 2 aromatic rings. The second-order valence-electron chi connectivity index (χ2n) is 4.20.